The zero-order chi connectivity index (χ0) is 19.4. The molecule has 0 atom stereocenters. The number of aryl methyl sites for hydroxylation is 1. The average molecular weight is 371 g/mol. The van der Waals surface area contributed by atoms with E-state index in [0.717, 1.165) is 41.9 Å². The maximum Gasteiger partial charge on any atom is 0.307 e. The van der Waals surface area contributed by atoms with Crippen LogP contribution < -0.4 is 10.7 Å². The Morgan fingerprint density at radius 3 is 2.78 bits per heavy atom. The van der Waals surface area contributed by atoms with Gasteiger partial charge in [-0.3, -0.25) is 9.59 Å². The molecule has 144 valence electrons. The third-order valence-electron chi connectivity index (χ3n) is 4.58. The van der Waals surface area contributed by atoms with Gasteiger partial charge in [0.25, 0.3) is 5.91 Å². The van der Waals surface area contributed by atoms with Crippen LogP contribution in [0, 0.1) is 12.8 Å². The number of fused-ring (bicyclic) bond motifs is 1. The van der Waals surface area contributed by atoms with Crippen molar-refractivity contribution in [2.24, 2.45) is 11.0 Å². The van der Waals surface area contributed by atoms with Crippen LogP contribution in [0.25, 0.3) is 0 Å². The second kappa shape index (κ2) is 8.24. The molecule has 7 heteroatoms. The number of amides is 2. The second-order valence-corrected chi connectivity index (χ2v) is 7.12. The van der Waals surface area contributed by atoms with Gasteiger partial charge in [0, 0.05) is 24.1 Å². The van der Waals surface area contributed by atoms with Crippen LogP contribution in [-0.2, 0) is 6.42 Å². The van der Waals surface area contributed by atoms with Crippen molar-refractivity contribution in [3.05, 3.63) is 46.8 Å². The highest BCUT2D eigenvalue weighted by Crippen LogP contribution is 2.29. The van der Waals surface area contributed by atoms with Crippen molar-refractivity contribution in [3.8, 4) is 0 Å². The average Bonchev–Trinajstić information content (AvgIpc) is 3.28. The van der Waals surface area contributed by atoms with Gasteiger partial charge in [0.15, 0.2) is 11.5 Å². The van der Waals surface area contributed by atoms with Crippen LogP contribution in [0.5, 0.6) is 0 Å². The third kappa shape index (κ3) is 4.30. The van der Waals surface area contributed by atoms with Gasteiger partial charge in [0.1, 0.15) is 5.76 Å². The minimum absolute atomic E-state index is 0.199. The van der Waals surface area contributed by atoms with Gasteiger partial charge in [-0.1, -0.05) is 13.8 Å². The number of nitrogens with zero attached hydrogens (tertiary/aromatic N) is 1. The molecular formula is C20H25N3O4. The summed E-state index contributed by atoms with van der Waals surface area (Å²) < 4.78 is 10.9. The smallest absolute Gasteiger partial charge is 0.307 e. The molecule has 1 aliphatic rings. The second-order valence-electron chi connectivity index (χ2n) is 7.12. The minimum atomic E-state index is -0.410. The first kappa shape index (κ1) is 18.9. The predicted octanol–water partition coefficient (Wildman–Crippen LogP) is 3.43. The SMILES string of the molecule is Cc1c(C(=O)NCCC(C)C)oc2c1/C(=N/NC(=O)c1ccco1)CCC2. The molecule has 2 heterocycles. The van der Waals surface area contributed by atoms with E-state index < -0.39 is 5.91 Å². The van der Waals surface area contributed by atoms with Crippen LogP contribution in [0.4, 0.5) is 0 Å². The molecule has 0 bridgehead atoms. The van der Waals surface area contributed by atoms with Crippen molar-refractivity contribution >= 4 is 17.5 Å². The van der Waals surface area contributed by atoms with Crippen molar-refractivity contribution in [1.82, 2.24) is 10.7 Å². The monoisotopic (exact) mass is 371 g/mol. The predicted molar refractivity (Wildman–Crippen MR) is 101 cm³/mol. The van der Waals surface area contributed by atoms with E-state index in [1.165, 1.54) is 6.26 Å². The first-order valence-corrected chi connectivity index (χ1v) is 9.28. The van der Waals surface area contributed by atoms with Gasteiger partial charge in [0.05, 0.1) is 12.0 Å². The summed E-state index contributed by atoms with van der Waals surface area (Å²) in [5, 5.41) is 7.17. The summed E-state index contributed by atoms with van der Waals surface area (Å²) >= 11 is 0. The number of furan rings is 2. The maximum absolute atomic E-state index is 12.5. The lowest BCUT2D eigenvalue weighted by atomic mass is 9.93. The molecule has 0 aromatic carbocycles. The lowest BCUT2D eigenvalue weighted by Crippen LogP contribution is -2.25. The summed E-state index contributed by atoms with van der Waals surface area (Å²) in [6.45, 7) is 6.70. The molecule has 0 aliphatic heterocycles. The Balaban J connectivity index is 1.77. The Morgan fingerprint density at radius 1 is 1.26 bits per heavy atom. The number of hydrogen-bond acceptors (Lipinski definition) is 5. The molecule has 0 fully saturated rings. The summed E-state index contributed by atoms with van der Waals surface area (Å²) in [5.74, 6) is 1.18. The Kier molecular flexibility index (Phi) is 5.78. The van der Waals surface area contributed by atoms with Crippen molar-refractivity contribution in [2.75, 3.05) is 6.54 Å². The zero-order valence-electron chi connectivity index (χ0n) is 15.9. The van der Waals surface area contributed by atoms with Gasteiger partial charge in [-0.2, -0.15) is 5.10 Å². The first-order chi connectivity index (χ1) is 13.0. The minimum Gasteiger partial charge on any atom is -0.459 e. The molecular weight excluding hydrogens is 346 g/mol. The maximum atomic E-state index is 12.5. The molecule has 3 rings (SSSR count). The quantitative estimate of drug-likeness (QED) is 0.760. The topological polar surface area (TPSA) is 96.8 Å². The van der Waals surface area contributed by atoms with Crippen LogP contribution in [0.15, 0.2) is 32.3 Å². The van der Waals surface area contributed by atoms with E-state index in [0.29, 0.717) is 24.6 Å². The summed E-state index contributed by atoms with van der Waals surface area (Å²) in [4.78, 5) is 24.5. The van der Waals surface area contributed by atoms with E-state index in [2.05, 4.69) is 29.7 Å². The molecule has 0 spiro atoms. The third-order valence-corrected chi connectivity index (χ3v) is 4.58. The van der Waals surface area contributed by atoms with Gasteiger partial charge in [-0.25, -0.2) is 5.43 Å². The molecule has 2 aromatic rings. The van der Waals surface area contributed by atoms with Crippen molar-refractivity contribution in [3.63, 3.8) is 0 Å². The van der Waals surface area contributed by atoms with Gasteiger partial charge in [-0.15, -0.1) is 0 Å². The summed E-state index contributed by atoms with van der Waals surface area (Å²) in [7, 11) is 0. The number of hydrazone groups is 1. The van der Waals surface area contributed by atoms with Gasteiger partial charge >= 0.3 is 5.91 Å². The molecule has 27 heavy (non-hydrogen) atoms. The van der Waals surface area contributed by atoms with Gasteiger partial charge < -0.3 is 14.2 Å². The Hall–Kier alpha value is -2.83. The van der Waals surface area contributed by atoms with E-state index >= 15 is 0 Å². The highest BCUT2D eigenvalue weighted by molar-refractivity contribution is 6.07. The molecule has 2 amide bonds. The largest absolute Gasteiger partial charge is 0.459 e. The van der Waals surface area contributed by atoms with Gasteiger partial charge in [0.2, 0.25) is 0 Å². The number of nitrogens with one attached hydrogen (secondary N) is 2. The van der Waals surface area contributed by atoms with E-state index in [-0.39, 0.29) is 11.7 Å². The summed E-state index contributed by atoms with van der Waals surface area (Å²) in [6, 6.07) is 3.22. The summed E-state index contributed by atoms with van der Waals surface area (Å²) in [6.07, 6.45) is 4.66. The van der Waals surface area contributed by atoms with Crippen LogP contribution >= 0.6 is 0 Å². The highest BCUT2D eigenvalue weighted by Gasteiger charge is 2.28. The molecule has 0 saturated heterocycles. The summed E-state index contributed by atoms with van der Waals surface area (Å²) in [5.41, 5.74) is 4.83. The number of rotatable bonds is 6. The van der Waals surface area contributed by atoms with E-state index in [9.17, 15) is 9.59 Å². The fourth-order valence-electron chi connectivity index (χ4n) is 3.13. The Labute approximate surface area is 158 Å². The lowest BCUT2D eigenvalue weighted by molar-refractivity contribution is 0.0916. The standard InChI is InChI=1S/C20H25N3O4/c1-12(2)9-10-21-20(25)18-13(3)17-14(6-4-7-15(17)27-18)22-23-19(24)16-8-5-11-26-16/h5,8,11-12H,4,6-7,9-10H2,1-3H3,(H,21,25)(H,23,24)/b22-14+. The van der Waals surface area contributed by atoms with E-state index in [1.807, 2.05) is 6.92 Å². The lowest BCUT2D eigenvalue weighted by Gasteiger charge is -2.13. The Morgan fingerprint density at radius 2 is 2.07 bits per heavy atom. The van der Waals surface area contributed by atoms with Crippen LogP contribution in [0.1, 0.15) is 71.1 Å². The van der Waals surface area contributed by atoms with Crippen LogP contribution in [0.3, 0.4) is 0 Å². The van der Waals surface area contributed by atoms with Gasteiger partial charge in [-0.05, 0) is 44.2 Å². The van der Waals surface area contributed by atoms with Crippen LogP contribution in [0.2, 0.25) is 0 Å². The zero-order valence-corrected chi connectivity index (χ0v) is 15.9. The molecule has 1 aliphatic carbocycles. The fourth-order valence-corrected chi connectivity index (χ4v) is 3.13. The molecule has 2 aromatic heterocycles. The highest BCUT2D eigenvalue weighted by atomic mass is 16.4. The fraction of sp³-hybridized carbons (Fsp3) is 0.450. The number of carbonyl (C=O) groups excluding carboxylic acids is 2. The molecule has 0 radical (unpaired) electrons. The van der Waals surface area contributed by atoms with Crippen molar-refractivity contribution in [1.29, 1.82) is 0 Å². The van der Waals surface area contributed by atoms with Crippen molar-refractivity contribution < 1.29 is 18.4 Å². The molecule has 2 N–H and O–H groups in total. The Bertz CT molecular complexity index is 847. The van der Waals surface area contributed by atoms with Crippen molar-refractivity contribution in [2.45, 2.75) is 46.5 Å². The molecule has 0 saturated carbocycles. The first-order valence-electron chi connectivity index (χ1n) is 9.28. The normalized spacial score (nSPS) is 15.0. The molecule has 0 unspecified atom stereocenters. The molecule has 7 nitrogen and oxygen atoms in total. The number of hydrogen-bond donors (Lipinski definition) is 2. The van der Waals surface area contributed by atoms with E-state index in [4.69, 9.17) is 8.83 Å². The van der Waals surface area contributed by atoms with Crippen LogP contribution in [-0.4, -0.2) is 24.1 Å². The number of carbonyl (C=O) groups is 2. The van der Waals surface area contributed by atoms with E-state index in [1.54, 1.807) is 12.1 Å².